The van der Waals surface area contributed by atoms with E-state index in [2.05, 4.69) is 10.2 Å². The van der Waals surface area contributed by atoms with Crippen LogP contribution in [0.15, 0.2) is 83.8 Å². The molecule has 3 aromatic rings. The summed E-state index contributed by atoms with van der Waals surface area (Å²) in [5.41, 5.74) is 2.61. The first-order valence-electron chi connectivity index (χ1n) is 11.4. The number of hydrogen-bond donors (Lipinski definition) is 3. The number of nitrogens with zero attached hydrogens (tertiary/aromatic N) is 1. The summed E-state index contributed by atoms with van der Waals surface area (Å²) in [6, 6.07) is 19.9. The molecular weight excluding hydrogens is 482 g/mol. The van der Waals surface area contributed by atoms with Gasteiger partial charge in [-0.25, -0.2) is 13.9 Å². The minimum Gasteiger partial charge on any atom is -0.457 e. The number of anilines is 1. The number of carbonyl (C=O) groups is 2. The first-order chi connectivity index (χ1) is 17.3. The van der Waals surface area contributed by atoms with Gasteiger partial charge in [0, 0.05) is 24.3 Å². The van der Waals surface area contributed by atoms with Gasteiger partial charge in [0.1, 0.15) is 17.5 Å². The summed E-state index contributed by atoms with van der Waals surface area (Å²) in [7, 11) is -4.01. The number of hydrogen-bond acceptors (Lipinski definition) is 7. The van der Waals surface area contributed by atoms with Gasteiger partial charge in [-0.3, -0.25) is 14.8 Å². The highest BCUT2D eigenvalue weighted by molar-refractivity contribution is 7.91. The lowest BCUT2D eigenvalue weighted by Crippen LogP contribution is -2.49. The van der Waals surface area contributed by atoms with Crippen LogP contribution < -0.4 is 20.4 Å². The van der Waals surface area contributed by atoms with Crippen LogP contribution >= 0.6 is 0 Å². The fraction of sp³-hybridized carbons (Fsp3) is 0.231. The van der Waals surface area contributed by atoms with Crippen molar-refractivity contribution >= 4 is 27.3 Å². The molecule has 3 N–H and O–H groups in total. The van der Waals surface area contributed by atoms with E-state index >= 15 is 0 Å². The van der Waals surface area contributed by atoms with Crippen molar-refractivity contribution in [2.75, 3.05) is 23.7 Å². The number of amides is 2. The van der Waals surface area contributed by atoms with Crippen molar-refractivity contribution in [3.05, 3.63) is 84.4 Å². The lowest BCUT2D eigenvalue weighted by molar-refractivity contribution is -0.130. The highest BCUT2D eigenvalue weighted by atomic mass is 32.2. The second-order valence-electron chi connectivity index (χ2n) is 7.89. The Morgan fingerprint density at radius 2 is 1.47 bits per heavy atom. The zero-order valence-electron chi connectivity index (χ0n) is 20.0. The maximum Gasteiger partial charge on any atom is 0.266 e. The summed E-state index contributed by atoms with van der Waals surface area (Å²) in [6.07, 6.45) is 0. The zero-order chi connectivity index (χ0) is 26.1. The molecule has 0 fully saturated rings. The van der Waals surface area contributed by atoms with E-state index in [1.54, 1.807) is 36.4 Å². The molecular formula is C26H29N3O6S. The standard InChI is InChI=1S/C26H29N3O6S/c1-3-29(4-2)20-12-10-19(11-13-20)25(30)27-24(26(31)28-32)18-36(33,34)23-16-14-22(15-17-23)35-21-8-6-5-7-9-21/h5-17,24,32H,3-4,18H2,1-2H3,(H,27,30)(H,28,31)/t24-/m0/s1. The number of ether oxygens (including phenoxy) is 1. The van der Waals surface area contributed by atoms with Gasteiger partial charge in [0.15, 0.2) is 9.84 Å². The molecule has 0 aliphatic heterocycles. The summed E-state index contributed by atoms with van der Waals surface area (Å²) >= 11 is 0. The molecule has 190 valence electrons. The highest BCUT2D eigenvalue weighted by Crippen LogP contribution is 2.23. The largest absolute Gasteiger partial charge is 0.457 e. The van der Waals surface area contributed by atoms with E-state index in [1.807, 2.05) is 32.0 Å². The molecule has 0 aliphatic rings. The number of rotatable bonds is 11. The molecule has 0 unspecified atom stereocenters. The predicted octanol–water partition coefficient (Wildman–Crippen LogP) is 3.40. The lowest BCUT2D eigenvalue weighted by atomic mass is 10.1. The molecule has 9 nitrogen and oxygen atoms in total. The van der Waals surface area contributed by atoms with E-state index in [1.165, 1.54) is 29.7 Å². The third-order valence-electron chi connectivity index (χ3n) is 5.54. The number of benzene rings is 3. The van der Waals surface area contributed by atoms with E-state index in [0.717, 1.165) is 18.8 Å². The average molecular weight is 512 g/mol. The van der Waals surface area contributed by atoms with Gasteiger partial charge in [0.25, 0.3) is 11.8 Å². The third-order valence-corrected chi connectivity index (χ3v) is 7.30. The van der Waals surface area contributed by atoms with Crippen LogP contribution in [0.1, 0.15) is 24.2 Å². The Labute approximate surface area is 210 Å². The van der Waals surface area contributed by atoms with E-state index in [-0.39, 0.29) is 10.5 Å². The molecule has 10 heteroatoms. The minimum absolute atomic E-state index is 0.0588. The SMILES string of the molecule is CCN(CC)c1ccc(C(=O)N[C@@H](CS(=O)(=O)c2ccc(Oc3ccccc3)cc2)C(=O)NO)cc1. The molecule has 36 heavy (non-hydrogen) atoms. The van der Waals surface area contributed by atoms with Crippen molar-refractivity contribution in [1.29, 1.82) is 0 Å². The molecule has 1 atom stereocenters. The topological polar surface area (TPSA) is 125 Å². The molecule has 0 radical (unpaired) electrons. The van der Waals surface area contributed by atoms with E-state index in [4.69, 9.17) is 9.94 Å². The summed E-state index contributed by atoms with van der Waals surface area (Å²) in [5.74, 6) is -1.40. The van der Waals surface area contributed by atoms with E-state index in [0.29, 0.717) is 11.5 Å². The Morgan fingerprint density at radius 1 is 0.889 bits per heavy atom. The Hall–Kier alpha value is -3.89. The van der Waals surface area contributed by atoms with Crippen molar-refractivity contribution in [1.82, 2.24) is 10.8 Å². The number of hydroxylamine groups is 1. The van der Waals surface area contributed by atoms with Crippen LogP contribution in [0.4, 0.5) is 5.69 Å². The van der Waals surface area contributed by atoms with E-state index < -0.39 is 33.4 Å². The van der Waals surface area contributed by atoms with Gasteiger partial charge >= 0.3 is 0 Å². The van der Waals surface area contributed by atoms with Crippen LogP contribution in [0, 0.1) is 0 Å². The van der Waals surface area contributed by atoms with Crippen molar-refractivity contribution in [3.8, 4) is 11.5 Å². The van der Waals surface area contributed by atoms with Crippen LogP contribution in [0.5, 0.6) is 11.5 Å². The Morgan fingerprint density at radius 3 is 2.03 bits per heavy atom. The summed E-state index contributed by atoms with van der Waals surface area (Å²) in [4.78, 5) is 27.0. The van der Waals surface area contributed by atoms with Gasteiger partial charge in [0.05, 0.1) is 10.6 Å². The maximum absolute atomic E-state index is 13.0. The van der Waals surface area contributed by atoms with Crippen LogP contribution in [0.3, 0.4) is 0 Å². The van der Waals surface area contributed by atoms with Gasteiger partial charge in [-0.05, 0) is 74.5 Å². The molecule has 0 aliphatic carbocycles. The average Bonchev–Trinajstić information content (AvgIpc) is 2.89. The molecule has 0 aromatic heterocycles. The Kier molecular flexibility index (Phi) is 9.04. The summed E-state index contributed by atoms with van der Waals surface area (Å²) < 4.78 is 31.6. The van der Waals surface area contributed by atoms with Gasteiger partial charge < -0.3 is 15.0 Å². The van der Waals surface area contributed by atoms with Gasteiger partial charge in [-0.2, -0.15) is 0 Å². The monoisotopic (exact) mass is 511 g/mol. The second-order valence-corrected chi connectivity index (χ2v) is 9.92. The number of para-hydroxylation sites is 1. The van der Waals surface area contributed by atoms with E-state index in [9.17, 15) is 18.0 Å². The quantitative estimate of drug-likeness (QED) is 0.266. The molecule has 3 rings (SSSR count). The second kappa shape index (κ2) is 12.2. The van der Waals surface area contributed by atoms with Crippen molar-refractivity contribution in [2.45, 2.75) is 24.8 Å². The number of nitrogens with one attached hydrogen (secondary N) is 2. The number of carbonyl (C=O) groups excluding carboxylic acids is 2. The molecule has 0 heterocycles. The first-order valence-corrected chi connectivity index (χ1v) is 13.1. The zero-order valence-corrected chi connectivity index (χ0v) is 20.9. The molecule has 3 aromatic carbocycles. The Bertz CT molecular complexity index is 1260. The smallest absolute Gasteiger partial charge is 0.266 e. The minimum atomic E-state index is -4.01. The van der Waals surface area contributed by atoms with Gasteiger partial charge in [0.2, 0.25) is 0 Å². The predicted molar refractivity (Wildman–Crippen MR) is 136 cm³/mol. The Balaban J connectivity index is 1.72. The fourth-order valence-electron chi connectivity index (χ4n) is 3.57. The van der Waals surface area contributed by atoms with Gasteiger partial charge in [-0.1, -0.05) is 18.2 Å². The van der Waals surface area contributed by atoms with Crippen molar-refractivity contribution < 1.29 is 28.0 Å². The summed E-state index contributed by atoms with van der Waals surface area (Å²) in [6.45, 7) is 5.65. The van der Waals surface area contributed by atoms with Crippen LogP contribution in [0.25, 0.3) is 0 Å². The first kappa shape index (κ1) is 26.7. The highest BCUT2D eigenvalue weighted by Gasteiger charge is 2.28. The third kappa shape index (κ3) is 6.83. The molecule has 0 spiro atoms. The number of sulfone groups is 1. The molecule has 0 saturated heterocycles. The molecule has 0 bridgehead atoms. The fourth-order valence-corrected chi connectivity index (χ4v) is 4.99. The molecule has 0 saturated carbocycles. The normalized spacial score (nSPS) is 11.9. The summed E-state index contributed by atoms with van der Waals surface area (Å²) in [5, 5.41) is 11.5. The maximum atomic E-state index is 13.0. The van der Waals surface area contributed by atoms with Crippen LogP contribution in [0.2, 0.25) is 0 Å². The van der Waals surface area contributed by atoms with Crippen molar-refractivity contribution in [2.24, 2.45) is 0 Å². The van der Waals surface area contributed by atoms with Crippen molar-refractivity contribution in [3.63, 3.8) is 0 Å². The molecule has 2 amide bonds. The lowest BCUT2D eigenvalue weighted by Gasteiger charge is -2.21. The van der Waals surface area contributed by atoms with Crippen LogP contribution in [-0.4, -0.2) is 50.3 Å². The van der Waals surface area contributed by atoms with Gasteiger partial charge in [-0.15, -0.1) is 0 Å². The van der Waals surface area contributed by atoms with Crippen LogP contribution in [-0.2, 0) is 14.6 Å².